The first-order valence-corrected chi connectivity index (χ1v) is 6.50. The van der Waals surface area contributed by atoms with Gasteiger partial charge in [-0.1, -0.05) is 32.0 Å². The van der Waals surface area contributed by atoms with Crippen LogP contribution >= 0.6 is 0 Å². The normalized spacial score (nSPS) is 15.8. The molecule has 17 heavy (non-hydrogen) atoms. The van der Waals surface area contributed by atoms with Crippen molar-refractivity contribution in [2.45, 2.75) is 46.1 Å². The van der Waals surface area contributed by atoms with Crippen LogP contribution in [0.25, 0.3) is 0 Å². The molecule has 0 saturated carbocycles. The molecule has 0 bridgehead atoms. The van der Waals surface area contributed by atoms with E-state index in [1.807, 2.05) is 13.8 Å². The lowest BCUT2D eigenvalue weighted by Crippen LogP contribution is -2.30. The highest BCUT2D eigenvalue weighted by Gasteiger charge is 2.15. The van der Waals surface area contributed by atoms with Crippen LogP contribution in [-0.2, 0) is 17.6 Å². The number of rotatable bonds is 3. The minimum atomic E-state index is 0.0480. The van der Waals surface area contributed by atoms with E-state index in [2.05, 4.69) is 30.4 Å². The van der Waals surface area contributed by atoms with Gasteiger partial charge in [-0.25, -0.2) is 0 Å². The standard InChI is InChI=1S/C15H21NO/c1-10(2)15(17)16-11(3)13-8-7-12-5-4-6-14(12)9-13/h7-11H,4-6H2,1-3H3,(H,16,17)/t11-/m0/s1. The van der Waals surface area contributed by atoms with Gasteiger partial charge in [-0.3, -0.25) is 4.79 Å². The summed E-state index contributed by atoms with van der Waals surface area (Å²) in [6.45, 7) is 5.90. The van der Waals surface area contributed by atoms with Crippen LogP contribution in [0.3, 0.4) is 0 Å². The summed E-state index contributed by atoms with van der Waals surface area (Å²) in [5.41, 5.74) is 4.17. The molecule has 2 rings (SSSR count). The molecule has 0 unspecified atom stereocenters. The van der Waals surface area contributed by atoms with Gasteiger partial charge in [0, 0.05) is 5.92 Å². The van der Waals surface area contributed by atoms with E-state index in [1.165, 1.54) is 36.0 Å². The first-order chi connectivity index (χ1) is 8.08. The molecule has 1 aliphatic carbocycles. The van der Waals surface area contributed by atoms with E-state index in [0.29, 0.717) is 0 Å². The average molecular weight is 231 g/mol. The van der Waals surface area contributed by atoms with Crippen molar-refractivity contribution in [3.8, 4) is 0 Å². The Bertz CT molecular complexity index is 423. The molecule has 0 radical (unpaired) electrons. The second kappa shape index (κ2) is 4.91. The molecule has 2 nitrogen and oxygen atoms in total. The molecule has 0 fully saturated rings. The number of nitrogens with one attached hydrogen (secondary N) is 1. The summed E-state index contributed by atoms with van der Waals surface area (Å²) < 4.78 is 0. The zero-order valence-electron chi connectivity index (χ0n) is 10.9. The molecule has 1 atom stereocenters. The fourth-order valence-corrected chi connectivity index (χ4v) is 2.32. The van der Waals surface area contributed by atoms with Gasteiger partial charge in [-0.05, 0) is 42.9 Å². The first-order valence-electron chi connectivity index (χ1n) is 6.50. The number of amides is 1. The Morgan fingerprint density at radius 3 is 2.59 bits per heavy atom. The summed E-state index contributed by atoms with van der Waals surface area (Å²) in [5.74, 6) is 0.171. The molecule has 2 heteroatoms. The number of benzene rings is 1. The molecule has 1 aromatic rings. The zero-order chi connectivity index (χ0) is 12.4. The van der Waals surface area contributed by atoms with Crippen LogP contribution in [0.2, 0.25) is 0 Å². The Labute approximate surface area is 103 Å². The van der Waals surface area contributed by atoms with Crippen LogP contribution in [0, 0.1) is 5.92 Å². The smallest absolute Gasteiger partial charge is 0.223 e. The van der Waals surface area contributed by atoms with Gasteiger partial charge in [0.1, 0.15) is 0 Å². The first kappa shape index (κ1) is 12.2. The molecule has 0 aromatic heterocycles. The van der Waals surface area contributed by atoms with E-state index >= 15 is 0 Å². The van der Waals surface area contributed by atoms with Crippen molar-refractivity contribution in [1.82, 2.24) is 5.32 Å². The van der Waals surface area contributed by atoms with Crippen LogP contribution in [0.15, 0.2) is 18.2 Å². The van der Waals surface area contributed by atoms with Crippen LogP contribution < -0.4 is 5.32 Å². The average Bonchev–Trinajstić information content (AvgIpc) is 2.75. The van der Waals surface area contributed by atoms with Crippen molar-refractivity contribution in [3.05, 3.63) is 34.9 Å². The molecule has 0 saturated heterocycles. The van der Waals surface area contributed by atoms with Crippen LogP contribution in [0.1, 0.15) is 49.9 Å². The van der Waals surface area contributed by atoms with Crippen molar-refractivity contribution < 1.29 is 4.79 Å². The van der Waals surface area contributed by atoms with Gasteiger partial charge in [0.05, 0.1) is 6.04 Å². The Hall–Kier alpha value is -1.31. The van der Waals surface area contributed by atoms with Crippen LogP contribution in [0.5, 0.6) is 0 Å². The largest absolute Gasteiger partial charge is 0.349 e. The molecule has 1 aliphatic rings. The zero-order valence-corrected chi connectivity index (χ0v) is 10.9. The Kier molecular flexibility index (Phi) is 3.51. The van der Waals surface area contributed by atoms with E-state index in [0.717, 1.165) is 0 Å². The summed E-state index contributed by atoms with van der Waals surface area (Å²) in [4.78, 5) is 11.6. The minimum absolute atomic E-state index is 0.0480. The van der Waals surface area contributed by atoms with Crippen molar-refractivity contribution in [2.75, 3.05) is 0 Å². The molecular weight excluding hydrogens is 210 g/mol. The predicted molar refractivity (Wildman–Crippen MR) is 69.9 cm³/mol. The number of fused-ring (bicyclic) bond motifs is 1. The molecule has 0 aliphatic heterocycles. The van der Waals surface area contributed by atoms with Gasteiger partial charge >= 0.3 is 0 Å². The van der Waals surface area contributed by atoms with E-state index in [4.69, 9.17) is 0 Å². The van der Waals surface area contributed by atoms with Gasteiger partial charge in [-0.15, -0.1) is 0 Å². The Balaban J connectivity index is 2.09. The Morgan fingerprint density at radius 1 is 1.18 bits per heavy atom. The third-order valence-corrected chi connectivity index (χ3v) is 3.51. The molecule has 0 spiro atoms. The summed E-state index contributed by atoms with van der Waals surface area (Å²) in [6, 6.07) is 6.73. The number of carbonyl (C=O) groups excluding carboxylic acids is 1. The second-order valence-corrected chi connectivity index (χ2v) is 5.27. The summed E-state index contributed by atoms with van der Waals surface area (Å²) in [5, 5.41) is 3.05. The van der Waals surface area contributed by atoms with Crippen LogP contribution in [0.4, 0.5) is 0 Å². The number of carbonyl (C=O) groups is 1. The minimum Gasteiger partial charge on any atom is -0.349 e. The van der Waals surface area contributed by atoms with E-state index in [9.17, 15) is 4.79 Å². The van der Waals surface area contributed by atoms with Crippen molar-refractivity contribution >= 4 is 5.91 Å². The van der Waals surface area contributed by atoms with Crippen molar-refractivity contribution in [1.29, 1.82) is 0 Å². The maximum atomic E-state index is 11.6. The molecule has 1 amide bonds. The highest BCUT2D eigenvalue weighted by atomic mass is 16.1. The van der Waals surface area contributed by atoms with Gasteiger partial charge in [0.15, 0.2) is 0 Å². The molecule has 0 heterocycles. The third kappa shape index (κ3) is 2.68. The lowest BCUT2D eigenvalue weighted by atomic mass is 10.0. The molecule has 92 valence electrons. The maximum Gasteiger partial charge on any atom is 0.223 e. The van der Waals surface area contributed by atoms with Crippen LogP contribution in [-0.4, -0.2) is 5.91 Å². The van der Waals surface area contributed by atoms with E-state index in [1.54, 1.807) is 0 Å². The fourth-order valence-electron chi connectivity index (χ4n) is 2.32. The van der Waals surface area contributed by atoms with Gasteiger partial charge in [-0.2, -0.15) is 0 Å². The van der Waals surface area contributed by atoms with Crippen molar-refractivity contribution in [2.24, 2.45) is 5.92 Å². The quantitative estimate of drug-likeness (QED) is 0.851. The van der Waals surface area contributed by atoms with Gasteiger partial charge in [0.2, 0.25) is 5.91 Å². The lowest BCUT2D eigenvalue weighted by Gasteiger charge is -2.17. The predicted octanol–water partition coefficient (Wildman–Crippen LogP) is 3.01. The highest BCUT2D eigenvalue weighted by Crippen LogP contribution is 2.25. The summed E-state index contributed by atoms with van der Waals surface area (Å²) >= 11 is 0. The second-order valence-electron chi connectivity index (χ2n) is 5.27. The van der Waals surface area contributed by atoms with Crippen molar-refractivity contribution in [3.63, 3.8) is 0 Å². The van der Waals surface area contributed by atoms with Gasteiger partial charge < -0.3 is 5.32 Å². The molecular formula is C15H21NO. The lowest BCUT2D eigenvalue weighted by molar-refractivity contribution is -0.124. The maximum absolute atomic E-state index is 11.6. The topological polar surface area (TPSA) is 29.1 Å². The van der Waals surface area contributed by atoms with E-state index < -0.39 is 0 Å². The number of aryl methyl sites for hydroxylation is 2. The fraction of sp³-hybridized carbons (Fsp3) is 0.533. The molecule has 1 aromatic carbocycles. The SMILES string of the molecule is CC(C)C(=O)N[C@@H](C)c1ccc2c(c1)CCC2. The molecule has 1 N–H and O–H groups in total. The monoisotopic (exact) mass is 231 g/mol. The number of hydrogen-bond acceptors (Lipinski definition) is 1. The third-order valence-electron chi connectivity index (χ3n) is 3.51. The summed E-state index contributed by atoms with van der Waals surface area (Å²) in [6.07, 6.45) is 3.67. The summed E-state index contributed by atoms with van der Waals surface area (Å²) in [7, 11) is 0. The highest BCUT2D eigenvalue weighted by molar-refractivity contribution is 5.78. The van der Waals surface area contributed by atoms with Gasteiger partial charge in [0.25, 0.3) is 0 Å². The Morgan fingerprint density at radius 2 is 1.88 bits per heavy atom. The number of hydrogen-bond donors (Lipinski definition) is 1. The van der Waals surface area contributed by atoms with E-state index in [-0.39, 0.29) is 17.9 Å².